The van der Waals surface area contributed by atoms with Crippen molar-refractivity contribution in [3.8, 4) is 0 Å². The lowest BCUT2D eigenvalue weighted by Gasteiger charge is -2.35. The maximum Gasteiger partial charge on any atom is 0.191 e. The molecule has 0 saturated heterocycles. The number of nitrogens with one attached hydrogen (secondary N) is 1. The minimum absolute atomic E-state index is 0.157. The highest BCUT2D eigenvalue weighted by atomic mass is 32.2. The molecule has 0 aromatic carbocycles. The molecule has 1 fully saturated rings. The summed E-state index contributed by atoms with van der Waals surface area (Å²) in [5, 5.41) is 13.2. The van der Waals surface area contributed by atoms with E-state index in [2.05, 4.69) is 20.2 Å². The molecule has 1 aromatic heterocycles. The molecule has 1 saturated carbocycles. The van der Waals surface area contributed by atoms with Crippen LogP contribution in [0.25, 0.3) is 0 Å². The van der Waals surface area contributed by atoms with Gasteiger partial charge in [-0.05, 0) is 19.1 Å². The molecule has 1 aliphatic carbocycles. The fourth-order valence-corrected chi connectivity index (χ4v) is 3.14. The summed E-state index contributed by atoms with van der Waals surface area (Å²) in [5.74, 6) is 1.76. The number of hydrogen-bond donors (Lipinski definition) is 2. The lowest BCUT2D eigenvalue weighted by atomic mass is 9.94. The van der Waals surface area contributed by atoms with Gasteiger partial charge in [0.25, 0.3) is 0 Å². The molecule has 0 unspecified atom stereocenters. The molecule has 0 radical (unpaired) electrons. The second kappa shape index (κ2) is 7.69. The summed E-state index contributed by atoms with van der Waals surface area (Å²) in [5.41, 5.74) is 0. The molecule has 112 valence electrons. The van der Waals surface area contributed by atoms with Crippen LogP contribution in [-0.4, -0.2) is 47.6 Å². The van der Waals surface area contributed by atoms with E-state index in [0.29, 0.717) is 12.6 Å². The fourth-order valence-electron chi connectivity index (χ4n) is 2.76. The standard InChI is InChI=1S/C14H24N4OS/c1-15-12-10-13(17-14(16-12)20-2)18(8-9-19)11-6-4-3-5-7-11/h10-11,19H,3-9H2,1-2H3,(H,15,16,17). The third-order valence-electron chi connectivity index (χ3n) is 3.78. The zero-order valence-corrected chi connectivity index (χ0v) is 13.1. The number of aromatic nitrogens is 2. The third kappa shape index (κ3) is 3.76. The van der Waals surface area contributed by atoms with E-state index in [9.17, 15) is 5.11 Å². The highest BCUT2D eigenvalue weighted by Crippen LogP contribution is 2.28. The summed E-state index contributed by atoms with van der Waals surface area (Å²) in [7, 11) is 1.87. The van der Waals surface area contributed by atoms with Gasteiger partial charge in [0.1, 0.15) is 11.6 Å². The fraction of sp³-hybridized carbons (Fsp3) is 0.714. The number of anilines is 2. The Labute approximate surface area is 125 Å². The maximum absolute atomic E-state index is 9.38. The number of thioether (sulfide) groups is 1. The Kier molecular flexibility index (Phi) is 5.91. The van der Waals surface area contributed by atoms with Crippen LogP contribution < -0.4 is 10.2 Å². The minimum Gasteiger partial charge on any atom is -0.395 e. The minimum atomic E-state index is 0.157. The van der Waals surface area contributed by atoms with Gasteiger partial charge in [0, 0.05) is 25.7 Å². The smallest absolute Gasteiger partial charge is 0.191 e. The van der Waals surface area contributed by atoms with E-state index < -0.39 is 0 Å². The number of nitrogens with zero attached hydrogens (tertiary/aromatic N) is 3. The van der Waals surface area contributed by atoms with Crippen LogP contribution in [0.5, 0.6) is 0 Å². The first-order valence-electron chi connectivity index (χ1n) is 7.26. The first-order chi connectivity index (χ1) is 9.78. The number of aliphatic hydroxyl groups is 1. The van der Waals surface area contributed by atoms with Gasteiger partial charge in [-0.1, -0.05) is 31.0 Å². The monoisotopic (exact) mass is 296 g/mol. The highest BCUT2D eigenvalue weighted by Gasteiger charge is 2.22. The maximum atomic E-state index is 9.38. The number of rotatable bonds is 6. The van der Waals surface area contributed by atoms with Crippen LogP contribution in [0.4, 0.5) is 11.6 Å². The lowest BCUT2D eigenvalue weighted by Crippen LogP contribution is -2.39. The Morgan fingerprint density at radius 1 is 1.35 bits per heavy atom. The van der Waals surface area contributed by atoms with E-state index in [1.807, 2.05) is 19.4 Å². The molecule has 0 bridgehead atoms. The first-order valence-corrected chi connectivity index (χ1v) is 8.49. The summed E-state index contributed by atoms with van der Waals surface area (Å²) >= 11 is 1.54. The van der Waals surface area contributed by atoms with E-state index in [4.69, 9.17) is 0 Å². The quantitative estimate of drug-likeness (QED) is 0.621. The molecule has 0 aliphatic heterocycles. The van der Waals surface area contributed by atoms with Crippen LogP contribution in [0, 0.1) is 0 Å². The van der Waals surface area contributed by atoms with E-state index in [-0.39, 0.29) is 6.61 Å². The van der Waals surface area contributed by atoms with Gasteiger partial charge in [0.05, 0.1) is 6.61 Å². The molecule has 2 rings (SSSR count). The van der Waals surface area contributed by atoms with Crippen molar-refractivity contribution in [2.75, 3.05) is 36.7 Å². The van der Waals surface area contributed by atoms with E-state index >= 15 is 0 Å². The van der Waals surface area contributed by atoms with E-state index in [1.54, 1.807) is 11.8 Å². The average molecular weight is 296 g/mol. The molecule has 20 heavy (non-hydrogen) atoms. The Hall–Kier alpha value is -1.01. The number of hydrogen-bond acceptors (Lipinski definition) is 6. The van der Waals surface area contributed by atoms with Crippen LogP contribution >= 0.6 is 11.8 Å². The molecule has 1 aliphatic rings. The predicted molar refractivity (Wildman–Crippen MR) is 84.7 cm³/mol. The normalized spacial score (nSPS) is 16.1. The average Bonchev–Trinajstić information content (AvgIpc) is 2.52. The second-order valence-electron chi connectivity index (χ2n) is 5.06. The molecular formula is C14H24N4OS. The van der Waals surface area contributed by atoms with Crippen molar-refractivity contribution < 1.29 is 5.11 Å². The van der Waals surface area contributed by atoms with Crippen LogP contribution in [0.2, 0.25) is 0 Å². The molecule has 0 atom stereocenters. The zero-order chi connectivity index (χ0) is 14.4. The highest BCUT2D eigenvalue weighted by molar-refractivity contribution is 7.98. The molecular weight excluding hydrogens is 272 g/mol. The lowest BCUT2D eigenvalue weighted by molar-refractivity contribution is 0.289. The van der Waals surface area contributed by atoms with Gasteiger partial charge in [-0.15, -0.1) is 0 Å². The van der Waals surface area contributed by atoms with Crippen molar-refractivity contribution in [3.05, 3.63) is 6.07 Å². The van der Waals surface area contributed by atoms with Crippen molar-refractivity contribution in [2.45, 2.75) is 43.3 Å². The summed E-state index contributed by atoms with van der Waals surface area (Å²) in [6.07, 6.45) is 8.22. The van der Waals surface area contributed by atoms with Gasteiger partial charge in [0.2, 0.25) is 0 Å². The van der Waals surface area contributed by atoms with Crippen LogP contribution in [0.15, 0.2) is 11.2 Å². The summed E-state index contributed by atoms with van der Waals surface area (Å²) in [6.45, 7) is 0.794. The first kappa shape index (κ1) is 15.4. The SMILES string of the molecule is CNc1cc(N(CCO)C2CCCCC2)nc(SC)n1. The van der Waals surface area contributed by atoms with E-state index in [1.165, 1.54) is 32.1 Å². The summed E-state index contributed by atoms with van der Waals surface area (Å²) in [4.78, 5) is 11.3. The van der Waals surface area contributed by atoms with Gasteiger partial charge < -0.3 is 15.3 Å². The molecule has 1 heterocycles. The van der Waals surface area contributed by atoms with Gasteiger partial charge in [0.15, 0.2) is 5.16 Å². The largest absolute Gasteiger partial charge is 0.395 e. The Morgan fingerprint density at radius 2 is 2.10 bits per heavy atom. The van der Waals surface area contributed by atoms with Gasteiger partial charge in [-0.3, -0.25) is 0 Å². The topological polar surface area (TPSA) is 61.3 Å². The van der Waals surface area contributed by atoms with Gasteiger partial charge in [-0.25, -0.2) is 9.97 Å². The Balaban J connectivity index is 2.27. The van der Waals surface area contributed by atoms with Crippen LogP contribution in [0.3, 0.4) is 0 Å². The second-order valence-corrected chi connectivity index (χ2v) is 5.83. The Bertz CT molecular complexity index is 401. The number of aliphatic hydroxyl groups excluding tert-OH is 1. The van der Waals surface area contributed by atoms with E-state index in [0.717, 1.165) is 16.8 Å². The predicted octanol–water partition coefficient (Wildman–Crippen LogP) is 2.37. The van der Waals surface area contributed by atoms with Crippen molar-refractivity contribution in [2.24, 2.45) is 0 Å². The van der Waals surface area contributed by atoms with Gasteiger partial charge >= 0.3 is 0 Å². The molecule has 1 aromatic rings. The molecule has 2 N–H and O–H groups in total. The van der Waals surface area contributed by atoms with Crippen molar-refractivity contribution in [1.29, 1.82) is 0 Å². The third-order valence-corrected chi connectivity index (χ3v) is 4.33. The van der Waals surface area contributed by atoms with Crippen LogP contribution in [-0.2, 0) is 0 Å². The van der Waals surface area contributed by atoms with Crippen LogP contribution in [0.1, 0.15) is 32.1 Å². The Morgan fingerprint density at radius 3 is 2.70 bits per heavy atom. The molecule has 6 heteroatoms. The van der Waals surface area contributed by atoms with Gasteiger partial charge in [-0.2, -0.15) is 0 Å². The van der Waals surface area contributed by atoms with Crippen molar-refractivity contribution in [3.63, 3.8) is 0 Å². The summed E-state index contributed by atoms with van der Waals surface area (Å²) < 4.78 is 0. The van der Waals surface area contributed by atoms with Crippen molar-refractivity contribution in [1.82, 2.24) is 9.97 Å². The molecule has 0 spiro atoms. The zero-order valence-electron chi connectivity index (χ0n) is 12.3. The molecule has 0 amide bonds. The summed E-state index contributed by atoms with van der Waals surface area (Å²) in [6, 6.07) is 2.47. The molecule has 5 nitrogen and oxygen atoms in total. The van der Waals surface area contributed by atoms with Crippen molar-refractivity contribution >= 4 is 23.4 Å².